The maximum absolute atomic E-state index is 13.2. The number of carbonyl (C=O) groups excluding carboxylic acids is 3. The molecule has 1 N–H and O–H groups in total. The van der Waals surface area contributed by atoms with Gasteiger partial charge in [-0.05, 0) is 31.7 Å². The number of hydrogen-bond donors (Lipinski definition) is 1. The molecule has 0 aromatic heterocycles. The number of imide groups is 1. The number of ether oxygens (including phenoxy) is 2. The lowest BCUT2D eigenvalue weighted by atomic mass is 9.94. The highest BCUT2D eigenvalue weighted by Crippen LogP contribution is 2.34. The Morgan fingerprint density at radius 3 is 2.68 bits per heavy atom. The number of nitrogens with zero attached hydrogens (tertiary/aromatic N) is 2. The van der Waals surface area contributed by atoms with Crippen molar-refractivity contribution >= 4 is 18.1 Å². The van der Waals surface area contributed by atoms with E-state index in [-0.39, 0.29) is 0 Å². The van der Waals surface area contributed by atoms with Crippen LogP contribution < -0.4 is 0 Å². The summed E-state index contributed by atoms with van der Waals surface area (Å²) in [6.45, 7) is 6.16. The van der Waals surface area contributed by atoms with Crippen molar-refractivity contribution in [3.05, 3.63) is 35.9 Å². The number of hydrogen-bond acceptors (Lipinski definition) is 6. The van der Waals surface area contributed by atoms with Gasteiger partial charge in [-0.15, -0.1) is 0 Å². The first-order chi connectivity index (χ1) is 14.9. The normalized spacial score (nSPS) is 25.3. The van der Waals surface area contributed by atoms with E-state index in [1.54, 1.807) is 13.8 Å². The zero-order valence-electron chi connectivity index (χ0n) is 18.4. The van der Waals surface area contributed by atoms with Crippen LogP contribution in [0.5, 0.6) is 0 Å². The van der Waals surface area contributed by atoms with E-state index in [9.17, 15) is 19.5 Å². The van der Waals surface area contributed by atoms with Crippen LogP contribution >= 0.6 is 0 Å². The number of cyclic esters (lactones) is 1. The van der Waals surface area contributed by atoms with Crippen molar-refractivity contribution in [1.82, 2.24) is 9.80 Å². The van der Waals surface area contributed by atoms with Gasteiger partial charge in [0.05, 0.1) is 30.7 Å². The molecule has 0 spiro atoms. The first kappa shape index (κ1) is 23.1. The van der Waals surface area contributed by atoms with E-state index in [1.807, 2.05) is 37.3 Å². The van der Waals surface area contributed by atoms with Crippen LogP contribution in [0, 0.1) is 5.92 Å². The van der Waals surface area contributed by atoms with Gasteiger partial charge in [-0.3, -0.25) is 4.79 Å². The van der Waals surface area contributed by atoms with E-state index in [1.165, 1.54) is 4.90 Å². The lowest BCUT2D eigenvalue weighted by Gasteiger charge is -2.32. The highest BCUT2D eigenvalue weighted by atomic mass is 16.6. The Morgan fingerprint density at radius 2 is 2.00 bits per heavy atom. The molecule has 0 bridgehead atoms. The minimum absolute atomic E-state index is 0.334. The van der Waals surface area contributed by atoms with Gasteiger partial charge in [-0.1, -0.05) is 50.6 Å². The fraction of sp³-hybridized carbons (Fsp3) is 0.609. The van der Waals surface area contributed by atoms with E-state index in [0.29, 0.717) is 19.6 Å². The van der Waals surface area contributed by atoms with Crippen molar-refractivity contribution < 1.29 is 29.0 Å². The Kier molecular flexibility index (Phi) is 7.54. The van der Waals surface area contributed by atoms with Crippen LogP contribution in [0.25, 0.3) is 0 Å². The van der Waals surface area contributed by atoms with Gasteiger partial charge >= 0.3 is 12.2 Å². The third-order valence-corrected chi connectivity index (χ3v) is 6.19. The summed E-state index contributed by atoms with van der Waals surface area (Å²) in [4.78, 5) is 40.7. The SMILES string of the molecule is CCCCOC(=O)N1CCC[C@H]1[C@H](O)[C@@H](C)C(=O)N1C(=O)O[C@@H](c2ccccc2)[C@H]1C. The molecule has 2 heterocycles. The number of unbranched alkanes of at least 4 members (excludes halogenated alkanes) is 1. The molecule has 2 saturated heterocycles. The van der Waals surface area contributed by atoms with Crippen molar-refractivity contribution in [2.24, 2.45) is 5.92 Å². The zero-order valence-corrected chi connectivity index (χ0v) is 18.4. The zero-order chi connectivity index (χ0) is 22.5. The summed E-state index contributed by atoms with van der Waals surface area (Å²) in [6, 6.07) is 8.24. The lowest BCUT2D eigenvalue weighted by Crippen LogP contribution is -2.51. The van der Waals surface area contributed by atoms with Gasteiger partial charge in [0.2, 0.25) is 5.91 Å². The van der Waals surface area contributed by atoms with Crippen molar-refractivity contribution in [2.45, 2.75) is 70.7 Å². The first-order valence-electron chi connectivity index (χ1n) is 11.1. The lowest BCUT2D eigenvalue weighted by molar-refractivity contribution is -0.137. The van der Waals surface area contributed by atoms with Crippen LogP contribution in [-0.2, 0) is 14.3 Å². The second kappa shape index (κ2) is 10.1. The summed E-state index contributed by atoms with van der Waals surface area (Å²) in [6.07, 6.45) is 0.152. The molecule has 2 fully saturated rings. The third-order valence-electron chi connectivity index (χ3n) is 6.19. The summed E-state index contributed by atoms with van der Waals surface area (Å²) in [5, 5.41) is 10.9. The number of benzene rings is 1. The summed E-state index contributed by atoms with van der Waals surface area (Å²) < 4.78 is 10.8. The predicted octanol–water partition coefficient (Wildman–Crippen LogP) is 3.49. The summed E-state index contributed by atoms with van der Waals surface area (Å²) >= 11 is 0. The van der Waals surface area contributed by atoms with E-state index >= 15 is 0 Å². The molecule has 170 valence electrons. The van der Waals surface area contributed by atoms with Crippen LogP contribution in [0.1, 0.15) is 58.1 Å². The average molecular weight is 433 g/mol. The number of carbonyl (C=O) groups is 3. The fourth-order valence-electron chi connectivity index (χ4n) is 4.31. The molecular formula is C23H32N2O6. The van der Waals surface area contributed by atoms with Gasteiger partial charge in [0, 0.05) is 6.54 Å². The van der Waals surface area contributed by atoms with Gasteiger partial charge in [-0.2, -0.15) is 0 Å². The van der Waals surface area contributed by atoms with Crippen molar-refractivity contribution in [2.75, 3.05) is 13.2 Å². The highest BCUT2D eigenvalue weighted by Gasteiger charge is 2.47. The molecule has 1 aromatic carbocycles. The van der Waals surface area contributed by atoms with Crippen LogP contribution in [0.2, 0.25) is 0 Å². The molecule has 0 aliphatic carbocycles. The third kappa shape index (κ3) is 4.84. The van der Waals surface area contributed by atoms with Crippen LogP contribution in [0.4, 0.5) is 9.59 Å². The Morgan fingerprint density at radius 1 is 1.29 bits per heavy atom. The quantitative estimate of drug-likeness (QED) is 0.663. The largest absolute Gasteiger partial charge is 0.449 e. The second-order valence-corrected chi connectivity index (χ2v) is 8.31. The van der Waals surface area contributed by atoms with Gasteiger partial charge in [0.1, 0.15) is 6.10 Å². The predicted molar refractivity (Wildman–Crippen MR) is 113 cm³/mol. The number of likely N-dealkylation sites (tertiary alicyclic amines) is 1. The van der Waals surface area contributed by atoms with Gasteiger partial charge in [0.15, 0.2) is 0 Å². The monoisotopic (exact) mass is 432 g/mol. The molecule has 31 heavy (non-hydrogen) atoms. The average Bonchev–Trinajstić information content (AvgIpc) is 3.37. The first-order valence-corrected chi connectivity index (χ1v) is 11.1. The molecule has 8 heteroatoms. The van der Waals surface area contributed by atoms with Crippen LogP contribution in [0.3, 0.4) is 0 Å². The highest BCUT2D eigenvalue weighted by molar-refractivity contribution is 5.95. The Balaban J connectivity index is 1.67. The van der Waals surface area contributed by atoms with Gasteiger partial charge < -0.3 is 19.5 Å². The molecular weight excluding hydrogens is 400 g/mol. The molecule has 1 aromatic rings. The van der Waals surface area contributed by atoms with Crippen LogP contribution in [-0.4, -0.2) is 64.3 Å². The number of amides is 3. The molecule has 8 nitrogen and oxygen atoms in total. The maximum atomic E-state index is 13.2. The minimum atomic E-state index is -1.11. The molecule has 0 saturated carbocycles. The second-order valence-electron chi connectivity index (χ2n) is 8.31. The summed E-state index contributed by atoms with van der Waals surface area (Å²) in [5.41, 5.74) is 0.809. The number of rotatable bonds is 7. The molecule has 0 radical (unpaired) electrons. The number of aliphatic hydroxyl groups excluding tert-OH is 1. The molecule has 2 aliphatic rings. The van der Waals surface area contributed by atoms with E-state index in [2.05, 4.69) is 0 Å². The maximum Gasteiger partial charge on any atom is 0.417 e. The topological polar surface area (TPSA) is 96.4 Å². The Hall–Kier alpha value is -2.61. The van der Waals surface area contributed by atoms with E-state index < -0.39 is 48.3 Å². The minimum Gasteiger partial charge on any atom is -0.449 e. The fourth-order valence-corrected chi connectivity index (χ4v) is 4.31. The van der Waals surface area contributed by atoms with Crippen molar-refractivity contribution in [3.8, 4) is 0 Å². The van der Waals surface area contributed by atoms with Gasteiger partial charge in [-0.25, -0.2) is 14.5 Å². The summed E-state index contributed by atoms with van der Waals surface area (Å²) in [7, 11) is 0. The molecule has 3 rings (SSSR count). The van der Waals surface area contributed by atoms with E-state index in [4.69, 9.17) is 9.47 Å². The molecule has 5 atom stereocenters. The van der Waals surface area contributed by atoms with Gasteiger partial charge in [0.25, 0.3) is 0 Å². The van der Waals surface area contributed by atoms with Crippen molar-refractivity contribution in [3.63, 3.8) is 0 Å². The Bertz CT molecular complexity index is 786. The smallest absolute Gasteiger partial charge is 0.417 e. The standard InChI is InChI=1S/C23H32N2O6/c1-4-5-14-30-22(28)24-13-9-12-18(24)19(26)15(2)21(27)25-16(3)20(31-23(25)29)17-10-7-6-8-11-17/h6-8,10-11,15-16,18-20,26H,4-5,9,12-14H2,1-3H3/t15-,16-,18+,19-,20-/m1/s1. The molecule has 0 unspecified atom stereocenters. The van der Waals surface area contributed by atoms with E-state index in [0.717, 1.165) is 29.7 Å². The number of aliphatic hydroxyl groups is 1. The molecule has 3 amide bonds. The Labute approximate surface area is 183 Å². The summed E-state index contributed by atoms with van der Waals surface area (Å²) in [5.74, 6) is -1.38. The molecule has 2 aliphatic heterocycles. The van der Waals surface area contributed by atoms with Crippen molar-refractivity contribution in [1.29, 1.82) is 0 Å². The van der Waals surface area contributed by atoms with Crippen LogP contribution in [0.15, 0.2) is 30.3 Å².